The van der Waals surface area contributed by atoms with Crippen LogP contribution in [0.4, 0.5) is 0 Å². The number of benzene rings is 2. The van der Waals surface area contributed by atoms with Gasteiger partial charge in [0.05, 0.1) is 17.9 Å². The number of thiazole rings is 1. The minimum absolute atomic E-state index is 0.253. The minimum Gasteiger partial charge on any atom is -0.492 e. The van der Waals surface area contributed by atoms with Crippen molar-refractivity contribution in [3.8, 4) is 5.75 Å². The van der Waals surface area contributed by atoms with Gasteiger partial charge in [-0.15, -0.1) is 0 Å². The summed E-state index contributed by atoms with van der Waals surface area (Å²) in [4.78, 5) is 17.5. The van der Waals surface area contributed by atoms with Crippen molar-refractivity contribution in [2.24, 2.45) is 4.99 Å². The molecule has 0 fully saturated rings. The maximum absolute atomic E-state index is 12.5. The van der Waals surface area contributed by atoms with Crippen LogP contribution in [-0.2, 0) is 11.3 Å². The smallest absolute Gasteiger partial charge is 0.279 e. The summed E-state index contributed by atoms with van der Waals surface area (Å²) in [6.07, 6.45) is 0. The van der Waals surface area contributed by atoms with Gasteiger partial charge in [0.15, 0.2) is 4.80 Å². The van der Waals surface area contributed by atoms with Gasteiger partial charge in [0.2, 0.25) is 0 Å². The maximum atomic E-state index is 12.5. The van der Waals surface area contributed by atoms with Crippen LogP contribution in [-0.4, -0.2) is 30.8 Å². The van der Waals surface area contributed by atoms with Crippen LogP contribution < -0.4 is 9.54 Å². The van der Waals surface area contributed by atoms with Crippen LogP contribution in [0.5, 0.6) is 5.75 Å². The lowest BCUT2D eigenvalue weighted by atomic mass is 10.2. The molecule has 1 aromatic heterocycles. The van der Waals surface area contributed by atoms with Crippen LogP contribution >= 0.6 is 11.3 Å². The number of carbonyl (C=O) groups is 1. The first kappa shape index (κ1) is 17.4. The molecule has 3 aromatic rings. The van der Waals surface area contributed by atoms with E-state index in [9.17, 15) is 4.79 Å². The van der Waals surface area contributed by atoms with Crippen molar-refractivity contribution in [1.82, 2.24) is 4.57 Å². The number of amides is 1. The van der Waals surface area contributed by atoms with E-state index < -0.39 is 0 Å². The zero-order valence-electron chi connectivity index (χ0n) is 14.3. The third-order valence-corrected chi connectivity index (χ3v) is 4.74. The first-order valence-electron chi connectivity index (χ1n) is 8.12. The van der Waals surface area contributed by atoms with E-state index in [1.54, 1.807) is 19.2 Å². The van der Waals surface area contributed by atoms with Crippen LogP contribution in [0.25, 0.3) is 10.2 Å². The highest BCUT2D eigenvalue weighted by Gasteiger charge is 2.13. The number of methoxy groups -OCH3 is 1. The fourth-order valence-electron chi connectivity index (χ4n) is 2.58. The fraction of sp³-hybridized carbons (Fsp3) is 0.263. The van der Waals surface area contributed by atoms with Crippen LogP contribution in [0.3, 0.4) is 0 Å². The molecule has 0 radical (unpaired) electrons. The van der Waals surface area contributed by atoms with E-state index in [0.29, 0.717) is 30.1 Å². The number of hydrogen-bond acceptors (Lipinski definition) is 4. The molecule has 0 atom stereocenters. The molecule has 0 aliphatic rings. The van der Waals surface area contributed by atoms with E-state index in [1.807, 2.05) is 47.9 Å². The van der Waals surface area contributed by atoms with Crippen molar-refractivity contribution < 1.29 is 14.3 Å². The SMILES string of the molecule is CCOc1cccc2sc(=NC(=O)c3ccccc3)n(CCOC)c12. The summed E-state index contributed by atoms with van der Waals surface area (Å²) >= 11 is 1.48. The van der Waals surface area contributed by atoms with E-state index in [2.05, 4.69) is 4.99 Å². The Morgan fingerprint density at radius 2 is 1.96 bits per heavy atom. The predicted molar refractivity (Wildman–Crippen MR) is 99.2 cm³/mol. The van der Waals surface area contributed by atoms with Crippen molar-refractivity contribution in [1.29, 1.82) is 0 Å². The Labute approximate surface area is 150 Å². The molecule has 0 saturated heterocycles. The van der Waals surface area contributed by atoms with Gasteiger partial charge in [0.1, 0.15) is 11.3 Å². The number of carbonyl (C=O) groups excluding carboxylic acids is 1. The minimum atomic E-state index is -0.253. The molecule has 0 bridgehead atoms. The molecular formula is C19H20N2O3S. The molecule has 0 N–H and O–H groups in total. The molecule has 5 nitrogen and oxygen atoms in total. The van der Waals surface area contributed by atoms with Crippen molar-refractivity contribution >= 4 is 27.5 Å². The Balaban J connectivity index is 2.15. The maximum Gasteiger partial charge on any atom is 0.279 e. The summed E-state index contributed by atoms with van der Waals surface area (Å²) in [5.74, 6) is 0.539. The highest BCUT2D eigenvalue weighted by Crippen LogP contribution is 2.27. The second-order valence-corrected chi connectivity index (χ2v) is 6.36. The highest BCUT2D eigenvalue weighted by molar-refractivity contribution is 7.16. The van der Waals surface area contributed by atoms with Crippen molar-refractivity contribution in [3.05, 3.63) is 58.9 Å². The quantitative estimate of drug-likeness (QED) is 0.679. The molecule has 25 heavy (non-hydrogen) atoms. The Morgan fingerprint density at radius 3 is 2.68 bits per heavy atom. The summed E-state index contributed by atoms with van der Waals surface area (Å²) in [5, 5.41) is 0. The van der Waals surface area contributed by atoms with E-state index in [1.165, 1.54) is 11.3 Å². The van der Waals surface area contributed by atoms with Gasteiger partial charge in [-0.25, -0.2) is 0 Å². The average molecular weight is 356 g/mol. The van der Waals surface area contributed by atoms with Gasteiger partial charge in [-0.1, -0.05) is 35.6 Å². The Kier molecular flexibility index (Phi) is 5.63. The number of rotatable bonds is 6. The Hall–Kier alpha value is -2.44. The van der Waals surface area contributed by atoms with Crippen molar-refractivity contribution in [2.45, 2.75) is 13.5 Å². The molecule has 1 amide bonds. The molecule has 1 heterocycles. The Bertz CT molecular complexity index is 929. The number of aromatic nitrogens is 1. The van der Waals surface area contributed by atoms with Gasteiger partial charge in [-0.05, 0) is 31.2 Å². The summed E-state index contributed by atoms with van der Waals surface area (Å²) in [6, 6.07) is 15.0. The first-order valence-corrected chi connectivity index (χ1v) is 8.94. The topological polar surface area (TPSA) is 52.8 Å². The third kappa shape index (κ3) is 3.81. The lowest BCUT2D eigenvalue weighted by molar-refractivity contribution is 0.0997. The lowest BCUT2D eigenvalue weighted by Gasteiger charge is -2.09. The summed E-state index contributed by atoms with van der Waals surface area (Å²) < 4.78 is 14.0. The lowest BCUT2D eigenvalue weighted by Crippen LogP contribution is -2.19. The molecule has 0 unspecified atom stereocenters. The van der Waals surface area contributed by atoms with Gasteiger partial charge in [0, 0.05) is 19.2 Å². The number of nitrogens with zero attached hydrogens (tertiary/aromatic N) is 2. The van der Waals surface area contributed by atoms with Crippen molar-refractivity contribution in [3.63, 3.8) is 0 Å². The summed E-state index contributed by atoms with van der Waals surface area (Å²) in [6.45, 7) is 3.66. The van der Waals surface area contributed by atoms with Crippen LogP contribution in [0.15, 0.2) is 53.5 Å². The van der Waals surface area contributed by atoms with E-state index >= 15 is 0 Å². The van der Waals surface area contributed by atoms with E-state index in [-0.39, 0.29) is 5.91 Å². The predicted octanol–water partition coefficient (Wildman–Crippen LogP) is 3.49. The van der Waals surface area contributed by atoms with Gasteiger partial charge in [-0.3, -0.25) is 4.79 Å². The molecule has 0 spiro atoms. The van der Waals surface area contributed by atoms with E-state index in [4.69, 9.17) is 9.47 Å². The fourth-order valence-corrected chi connectivity index (χ4v) is 3.65. The first-order chi connectivity index (χ1) is 12.2. The highest BCUT2D eigenvalue weighted by atomic mass is 32.1. The second-order valence-electron chi connectivity index (χ2n) is 5.35. The van der Waals surface area contributed by atoms with Gasteiger partial charge in [-0.2, -0.15) is 4.99 Å². The van der Waals surface area contributed by atoms with Gasteiger partial charge >= 0.3 is 0 Å². The molecular weight excluding hydrogens is 336 g/mol. The summed E-state index contributed by atoms with van der Waals surface area (Å²) in [5.41, 5.74) is 1.52. The van der Waals surface area contributed by atoms with Crippen LogP contribution in [0, 0.1) is 0 Å². The molecule has 2 aromatic carbocycles. The Morgan fingerprint density at radius 1 is 1.16 bits per heavy atom. The molecule has 0 aliphatic heterocycles. The van der Waals surface area contributed by atoms with Crippen molar-refractivity contribution in [2.75, 3.05) is 20.3 Å². The zero-order valence-corrected chi connectivity index (χ0v) is 15.1. The van der Waals surface area contributed by atoms with Gasteiger partial charge in [0.25, 0.3) is 5.91 Å². The number of hydrogen-bond donors (Lipinski definition) is 0. The van der Waals surface area contributed by atoms with Gasteiger partial charge < -0.3 is 14.0 Å². The monoisotopic (exact) mass is 356 g/mol. The number of para-hydroxylation sites is 1. The number of fused-ring (bicyclic) bond motifs is 1. The standard InChI is InChI=1S/C19H20N2O3S/c1-3-24-15-10-7-11-16-17(15)21(12-13-23-2)19(25-16)20-18(22)14-8-5-4-6-9-14/h4-11H,3,12-13H2,1-2H3. The zero-order chi connectivity index (χ0) is 17.6. The molecule has 0 saturated carbocycles. The molecule has 130 valence electrons. The number of ether oxygens (including phenoxy) is 2. The van der Waals surface area contributed by atoms with Crippen LogP contribution in [0.1, 0.15) is 17.3 Å². The second kappa shape index (κ2) is 8.09. The third-order valence-electron chi connectivity index (χ3n) is 3.70. The average Bonchev–Trinajstić information content (AvgIpc) is 2.99. The normalized spacial score (nSPS) is 11.8. The molecule has 0 aliphatic carbocycles. The largest absolute Gasteiger partial charge is 0.492 e. The van der Waals surface area contributed by atoms with Crippen LogP contribution in [0.2, 0.25) is 0 Å². The molecule has 3 rings (SSSR count). The summed E-state index contributed by atoms with van der Waals surface area (Å²) in [7, 11) is 1.66. The molecule has 6 heteroatoms. The van der Waals surface area contributed by atoms with E-state index in [0.717, 1.165) is 16.0 Å².